The number of oxazole rings is 1. The zero-order chi connectivity index (χ0) is 20.7. The maximum atomic E-state index is 5.82. The summed E-state index contributed by atoms with van der Waals surface area (Å²) < 4.78 is 11.2. The first kappa shape index (κ1) is 25.2. The Balaban J connectivity index is 0.00000420. The largest absolute Gasteiger partial charge is 0.497 e. The third kappa shape index (κ3) is 7.50. The van der Waals surface area contributed by atoms with Crippen molar-refractivity contribution >= 4 is 29.9 Å². The summed E-state index contributed by atoms with van der Waals surface area (Å²) >= 11 is 0. The van der Waals surface area contributed by atoms with Crippen LogP contribution < -0.4 is 15.4 Å². The van der Waals surface area contributed by atoms with Crippen LogP contribution in [-0.4, -0.2) is 50.6 Å². The Morgan fingerprint density at radius 1 is 1.28 bits per heavy atom. The lowest BCUT2D eigenvalue weighted by molar-refractivity contribution is 0.297. The van der Waals surface area contributed by atoms with Gasteiger partial charge >= 0.3 is 0 Å². The molecule has 0 aliphatic rings. The van der Waals surface area contributed by atoms with Crippen molar-refractivity contribution in [1.29, 1.82) is 0 Å². The first-order chi connectivity index (χ1) is 13.2. The van der Waals surface area contributed by atoms with E-state index < -0.39 is 0 Å². The maximum Gasteiger partial charge on any atom is 0.213 e. The number of hydrogen-bond donors (Lipinski definition) is 2. The number of rotatable bonds is 7. The highest BCUT2D eigenvalue weighted by molar-refractivity contribution is 14.0. The van der Waals surface area contributed by atoms with Gasteiger partial charge in [-0.3, -0.25) is 4.99 Å². The zero-order valence-corrected chi connectivity index (χ0v) is 20.8. The minimum atomic E-state index is -0.0547. The van der Waals surface area contributed by atoms with E-state index in [0.29, 0.717) is 24.9 Å². The molecular formula is C21H34IN5O2. The number of benzene rings is 1. The van der Waals surface area contributed by atoms with Gasteiger partial charge in [0.1, 0.15) is 11.5 Å². The number of aliphatic imine (C=N–C) groups is 1. The second kappa shape index (κ2) is 11.4. The monoisotopic (exact) mass is 515 g/mol. The van der Waals surface area contributed by atoms with Crippen LogP contribution in [0.15, 0.2) is 39.9 Å². The molecule has 2 rings (SSSR count). The third-order valence-corrected chi connectivity index (χ3v) is 4.49. The number of hydrogen-bond acceptors (Lipinski definition) is 5. The van der Waals surface area contributed by atoms with Crippen LogP contribution in [0, 0.1) is 0 Å². The summed E-state index contributed by atoms with van der Waals surface area (Å²) in [7, 11) is 7.55. The van der Waals surface area contributed by atoms with E-state index in [1.54, 1.807) is 20.4 Å². The highest BCUT2D eigenvalue weighted by Crippen LogP contribution is 2.23. The summed E-state index contributed by atoms with van der Waals surface area (Å²) in [5.41, 5.74) is 1.12. The minimum Gasteiger partial charge on any atom is -0.497 e. The van der Waals surface area contributed by atoms with Crippen molar-refractivity contribution in [1.82, 2.24) is 20.5 Å². The predicted molar refractivity (Wildman–Crippen MR) is 128 cm³/mol. The van der Waals surface area contributed by atoms with Crippen LogP contribution in [0.2, 0.25) is 0 Å². The smallest absolute Gasteiger partial charge is 0.213 e. The van der Waals surface area contributed by atoms with Gasteiger partial charge in [-0.15, -0.1) is 24.0 Å². The van der Waals surface area contributed by atoms with Gasteiger partial charge in [0.2, 0.25) is 5.89 Å². The number of ether oxygens (including phenoxy) is 1. The Morgan fingerprint density at radius 3 is 2.55 bits per heavy atom. The summed E-state index contributed by atoms with van der Waals surface area (Å²) in [6.45, 7) is 7.47. The second-order valence-electron chi connectivity index (χ2n) is 7.93. The van der Waals surface area contributed by atoms with Crippen LogP contribution in [-0.2, 0) is 12.0 Å². The van der Waals surface area contributed by atoms with Crippen molar-refractivity contribution in [2.45, 2.75) is 38.8 Å². The van der Waals surface area contributed by atoms with E-state index in [-0.39, 0.29) is 35.4 Å². The van der Waals surface area contributed by atoms with Crippen molar-refractivity contribution in [2.24, 2.45) is 4.99 Å². The minimum absolute atomic E-state index is 0. The van der Waals surface area contributed by atoms with Crippen LogP contribution in [0.4, 0.5) is 0 Å². The quantitative estimate of drug-likeness (QED) is 0.334. The summed E-state index contributed by atoms with van der Waals surface area (Å²) in [4.78, 5) is 10.8. The van der Waals surface area contributed by atoms with Crippen molar-refractivity contribution < 1.29 is 9.15 Å². The van der Waals surface area contributed by atoms with Gasteiger partial charge in [0, 0.05) is 19.0 Å². The molecule has 1 unspecified atom stereocenters. The van der Waals surface area contributed by atoms with Crippen molar-refractivity contribution in [3.8, 4) is 5.75 Å². The molecule has 0 aliphatic carbocycles. The molecule has 2 aromatic rings. The molecule has 1 aromatic carbocycles. The molecule has 0 amide bonds. The molecule has 0 saturated heterocycles. The number of nitrogens with zero attached hydrogens (tertiary/aromatic N) is 3. The average Bonchev–Trinajstić information content (AvgIpc) is 3.14. The van der Waals surface area contributed by atoms with E-state index in [4.69, 9.17) is 9.15 Å². The molecule has 162 valence electrons. The number of guanidine groups is 1. The van der Waals surface area contributed by atoms with Gasteiger partial charge in [0.15, 0.2) is 5.96 Å². The topological polar surface area (TPSA) is 74.9 Å². The van der Waals surface area contributed by atoms with Gasteiger partial charge in [-0.1, -0.05) is 32.9 Å². The summed E-state index contributed by atoms with van der Waals surface area (Å²) in [6.07, 6.45) is 1.79. The van der Waals surface area contributed by atoms with Crippen LogP contribution in [0.1, 0.15) is 44.0 Å². The van der Waals surface area contributed by atoms with Crippen LogP contribution in [0.3, 0.4) is 0 Å². The lowest BCUT2D eigenvalue weighted by Crippen LogP contribution is -2.41. The summed E-state index contributed by atoms with van der Waals surface area (Å²) in [5, 5.41) is 6.64. The van der Waals surface area contributed by atoms with E-state index in [1.807, 2.05) is 12.1 Å². The van der Waals surface area contributed by atoms with Crippen molar-refractivity contribution in [3.05, 3.63) is 47.7 Å². The Morgan fingerprint density at radius 2 is 2.00 bits per heavy atom. The molecule has 0 radical (unpaired) electrons. The van der Waals surface area contributed by atoms with Crippen LogP contribution in [0.5, 0.6) is 5.75 Å². The van der Waals surface area contributed by atoms with Gasteiger partial charge in [-0.25, -0.2) is 4.98 Å². The van der Waals surface area contributed by atoms with Gasteiger partial charge < -0.3 is 24.7 Å². The molecule has 0 bridgehead atoms. The van der Waals surface area contributed by atoms with Gasteiger partial charge in [0.05, 0.1) is 25.9 Å². The van der Waals surface area contributed by atoms with E-state index in [2.05, 4.69) is 72.5 Å². The van der Waals surface area contributed by atoms with Crippen molar-refractivity contribution in [2.75, 3.05) is 34.8 Å². The number of methoxy groups -OCH3 is 1. The van der Waals surface area contributed by atoms with E-state index in [9.17, 15) is 0 Å². The molecule has 0 spiro atoms. The fraction of sp³-hybridized carbons (Fsp3) is 0.524. The van der Waals surface area contributed by atoms with E-state index in [0.717, 1.165) is 11.5 Å². The molecule has 1 heterocycles. The number of likely N-dealkylation sites (N-methyl/N-ethyl adjacent to an activating group) is 1. The Kier molecular flexibility index (Phi) is 9.91. The maximum absolute atomic E-state index is 5.82. The Bertz CT molecular complexity index is 783. The highest BCUT2D eigenvalue weighted by atomic mass is 127. The fourth-order valence-electron chi connectivity index (χ4n) is 2.76. The highest BCUT2D eigenvalue weighted by Gasteiger charge is 2.19. The first-order valence-corrected chi connectivity index (χ1v) is 9.44. The summed E-state index contributed by atoms with van der Waals surface area (Å²) in [5.74, 6) is 3.07. The van der Waals surface area contributed by atoms with E-state index >= 15 is 0 Å². The second-order valence-corrected chi connectivity index (χ2v) is 7.93. The fourth-order valence-corrected chi connectivity index (χ4v) is 2.76. The van der Waals surface area contributed by atoms with Gasteiger partial charge in [-0.2, -0.15) is 0 Å². The lowest BCUT2D eigenvalue weighted by atomic mass is 9.94. The van der Waals surface area contributed by atoms with Gasteiger partial charge in [0.25, 0.3) is 0 Å². The van der Waals surface area contributed by atoms with Crippen LogP contribution >= 0.6 is 24.0 Å². The summed E-state index contributed by atoms with van der Waals surface area (Å²) in [6, 6.07) is 8.29. The normalized spacial score (nSPS) is 13.0. The van der Waals surface area contributed by atoms with Crippen molar-refractivity contribution in [3.63, 3.8) is 0 Å². The average molecular weight is 515 g/mol. The van der Waals surface area contributed by atoms with E-state index in [1.165, 1.54) is 5.56 Å². The molecule has 8 heteroatoms. The first-order valence-electron chi connectivity index (χ1n) is 9.44. The molecule has 2 N–H and O–H groups in total. The molecule has 1 atom stereocenters. The zero-order valence-electron chi connectivity index (χ0n) is 18.4. The molecule has 0 fully saturated rings. The molecule has 1 aromatic heterocycles. The number of aromatic nitrogens is 1. The molecule has 0 aliphatic heterocycles. The SMILES string of the molecule is CN=C(NCc1ncc(C(C)(C)C)o1)NCC(c1cccc(OC)c1)N(C)C.I. The molecule has 7 nitrogen and oxygen atoms in total. The standard InChI is InChI=1S/C21H33N5O2.HI/c1-21(2,3)18-13-23-19(28-18)14-25-20(22-4)24-12-17(26(5)6)15-9-8-10-16(11-15)27-7;/h8-11,13,17H,12,14H2,1-7H3,(H2,22,24,25);1H. The third-order valence-electron chi connectivity index (χ3n) is 4.49. The molecule has 29 heavy (non-hydrogen) atoms. The Hall–Kier alpha value is -1.81. The number of nitrogens with one attached hydrogen (secondary N) is 2. The van der Waals surface area contributed by atoms with Crippen LogP contribution in [0.25, 0.3) is 0 Å². The van der Waals surface area contributed by atoms with Gasteiger partial charge in [-0.05, 0) is 31.8 Å². The lowest BCUT2D eigenvalue weighted by Gasteiger charge is -2.26. The Labute approximate surface area is 191 Å². The molecule has 0 saturated carbocycles. The predicted octanol–water partition coefficient (Wildman–Crippen LogP) is 3.57. The number of halogens is 1. The molecular weight excluding hydrogens is 481 g/mol.